The largest absolute Gasteiger partial charge is 0.493 e. The molecule has 0 aliphatic carbocycles. The van der Waals surface area contributed by atoms with Gasteiger partial charge < -0.3 is 19.4 Å². The van der Waals surface area contributed by atoms with Crippen LogP contribution in [-0.4, -0.2) is 42.0 Å². The van der Waals surface area contributed by atoms with Crippen molar-refractivity contribution in [3.8, 4) is 11.5 Å². The van der Waals surface area contributed by atoms with Crippen molar-refractivity contribution in [3.05, 3.63) is 52.8 Å². The van der Waals surface area contributed by atoms with Gasteiger partial charge in [0.25, 0.3) is 5.91 Å². The Morgan fingerprint density at radius 1 is 1.24 bits per heavy atom. The van der Waals surface area contributed by atoms with Gasteiger partial charge in [0.1, 0.15) is 5.82 Å². The molecular weight excluding hydrogens is 342 g/mol. The van der Waals surface area contributed by atoms with E-state index in [1.54, 1.807) is 24.1 Å². The molecule has 2 aromatic carbocycles. The average molecular weight is 360 g/mol. The molecular formula is C18H18ClN3O3. The monoisotopic (exact) mass is 359 g/mol. The molecule has 0 unspecified atom stereocenters. The molecule has 0 saturated heterocycles. The van der Waals surface area contributed by atoms with E-state index in [1.165, 1.54) is 14.2 Å². The Bertz CT molecular complexity index is 890. The van der Waals surface area contributed by atoms with Crippen molar-refractivity contribution >= 4 is 28.5 Å². The zero-order valence-corrected chi connectivity index (χ0v) is 14.9. The van der Waals surface area contributed by atoms with Gasteiger partial charge in [-0.1, -0.05) is 23.7 Å². The Hall–Kier alpha value is -2.73. The number of amides is 1. The molecule has 0 radical (unpaired) electrons. The van der Waals surface area contributed by atoms with E-state index >= 15 is 0 Å². The zero-order chi connectivity index (χ0) is 18.0. The number of carbonyl (C=O) groups is 1. The Balaban J connectivity index is 1.83. The van der Waals surface area contributed by atoms with Crippen molar-refractivity contribution in [2.24, 2.45) is 0 Å². The minimum Gasteiger partial charge on any atom is -0.493 e. The van der Waals surface area contributed by atoms with E-state index in [4.69, 9.17) is 21.1 Å². The topological polar surface area (TPSA) is 67.5 Å². The summed E-state index contributed by atoms with van der Waals surface area (Å²) in [6.45, 7) is 0.347. The van der Waals surface area contributed by atoms with Crippen molar-refractivity contribution < 1.29 is 14.3 Å². The highest BCUT2D eigenvalue weighted by atomic mass is 35.5. The number of halogens is 1. The molecule has 6 nitrogen and oxygen atoms in total. The number of rotatable bonds is 5. The maximum atomic E-state index is 12.7. The van der Waals surface area contributed by atoms with Crippen molar-refractivity contribution in [2.45, 2.75) is 6.54 Å². The normalized spacial score (nSPS) is 10.7. The number of para-hydroxylation sites is 2. The highest BCUT2D eigenvalue weighted by Crippen LogP contribution is 2.36. The van der Waals surface area contributed by atoms with Gasteiger partial charge in [0.2, 0.25) is 0 Å². The highest BCUT2D eigenvalue weighted by molar-refractivity contribution is 6.32. The van der Waals surface area contributed by atoms with Crippen LogP contribution in [0.15, 0.2) is 36.4 Å². The predicted molar refractivity (Wildman–Crippen MR) is 96.4 cm³/mol. The molecule has 0 atom stereocenters. The van der Waals surface area contributed by atoms with E-state index < -0.39 is 0 Å². The van der Waals surface area contributed by atoms with Crippen LogP contribution in [0.25, 0.3) is 11.0 Å². The smallest absolute Gasteiger partial charge is 0.254 e. The molecule has 0 aliphatic rings. The predicted octanol–water partition coefficient (Wildman–Crippen LogP) is 3.51. The SMILES string of the molecule is COc1cc(C(=O)N(C)Cc2nc3ccccc3[nH]2)cc(Cl)c1OC. The Morgan fingerprint density at radius 3 is 2.68 bits per heavy atom. The zero-order valence-electron chi connectivity index (χ0n) is 14.2. The van der Waals surface area contributed by atoms with E-state index in [0.717, 1.165) is 11.0 Å². The van der Waals surface area contributed by atoms with Crippen LogP contribution in [0.1, 0.15) is 16.2 Å². The molecule has 3 aromatic rings. The molecule has 1 amide bonds. The van der Waals surface area contributed by atoms with Crippen LogP contribution in [0, 0.1) is 0 Å². The van der Waals surface area contributed by atoms with E-state index in [9.17, 15) is 4.79 Å². The summed E-state index contributed by atoms with van der Waals surface area (Å²) in [5, 5.41) is 0.322. The van der Waals surface area contributed by atoms with Crippen molar-refractivity contribution in [3.63, 3.8) is 0 Å². The van der Waals surface area contributed by atoms with E-state index in [2.05, 4.69) is 9.97 Å². The molecule has 0 spiro atoms. The first-order valence-corrected chi connectivity index (χ1v) is 8.02. The van der Waals surface area contributed by atoms with E-state index in [-0.39, 0.29) is 5.91 Å². The van der Waals surface area contributed by atoms with Crippen LogP contribution >= 0.6 is 11.6 Å². The summed E-state index contributed by atoms with van der Waals surface area (Å²) in [4.78, 5) is 22.0. The second-order valence-electron chi connectivity index (χ2n) is 5.56. The van der Waals surface area contributed by atoms with Crippen LogP contribution in [-0.2, 0) is 6.54 Å². The number of aromatic amines is 1. The second-order valence-corrected chi connectivity index (χ2v) is 5.96. The quantitative estimate of drug-likeness (QED) is 0.757. The summed E-state index contributed by atoms with van der Waals surface area (Å²) in [6.07, 6.45) is 0. The van der Waals surface area contributed by atoms with E-state index in [0.29, 0.717) is 34.5 Å². The van der Waals surface area contributed by atoms with Gasteiger partial charge in [0.15, 0.2) is 11.5 Å². The highest BCUT2D eigenvalue weighted by Gasteiger charge is 2.19. The minimum absolute atomic E-state index is 0.191. The third-order valence-corrected chi connectivity index (χ3v) is 4.13. The average Bonchev–Trinajstić information content (AvgIpc) is 3.02. The number of methoxy groups -OCH3 is 2. The maximum Gasteiger partial charge on any atom is 0.254 e. The Kier molecular flexibility index (Phi) is 4.81. The van der Waals surface area contributed by atoms with Gasteiger partial charge in [-0.3, -0.25) is 4.79 Å². The van der Waals surface area contributed by atoms with Crippen LogP contribution < -0.4 is 9.47 Å². The lowest BCUT2D eigenvalue weighted by molar-refractivity contribution is 0.0781. The summed E-state index contributed by atoms with van der Waals surface area (Å²) in [5.41, 5.74) is 2.22. The Labute approximate surface area is 150 Å². The fourth-order valence-electron chi connectivity index (χ4n) is 2.64. The standard InChI is InChI=1S/C18H18ClN3O3/c1-22(10-16-20-13-6-4-5-7-14(13)21-16)18(23)11-8-12(19)17(25-3)15(9-11)24-2/h4-9H,10H2,1-3H3,(H,20,21). The molecule has 1 N–H and O–H groups in total. The second kappa shape index (κ2) is 7.03. The van der Waals surface area contributed by atoms with Crippen LogP contribution in [0.2, 0.25) is 5.02 Å². The van der Waals surface area contributed by atoms with Gasteiger partial charge in [-0.2, -0.15) is 0 Å². The number of hydrogen-bond donors (Lipinski definition) is 1. The molecule has 0 fully saturated rings. The van der Waals surface area contributed by atoms with Gasteiger partial charge in [-0.15, -0.1) is 0 Å². The van der Waals surface area contributed by atoms with Gasteiger partial charge in [0.05, 0.1) is 36.8 Å². The van der Waals surface area contributed by atoms with Gasteiger partial charge in [-0.25, -0.2) is 4.98 Å². The summed E-state index contributed by atoms with van der Waals surface area (Å²) in [6, 6.07) is 10.9. The molecule has 0 saturated carbocycles. The van der Waals surface area contributed by atoms with Crippen molar-refractivity contribution in [1.82, 2.24) is 14.9 Å². The van der Waals surface area contributed by atoms with Crippen molar-refractivity contribution in [1.29, 1.82) is 0 Å². The summed E-state index contributed by atoms with van der Waals surface area (Å²) in [5.74, 6) is 1.34. The van der Waals surface area contributed by atoms with Gasteiger partial charge >= 0.3 is 0 Å². The number of carbonyl (C=O) groups excluding carboxylic acids is 1. The lowest BCUT2D eigenvalue weighted by Crippen LogP contribution is -2.26. The first-order chi connectivity index (χ1) is 12.0. The fraction of sp³-hybridized carbons (Fsp3) is 0.222. The van der Waals surface area contributed by atoms with Crippen LogP contribution in [0.3, 0.4) is 0 Å². The maximum absolute atomic E-state index is 12.7. The molecule has 1 heterocycles. The molecule has 3 rings (SSSR count). The number of ether oxygens (including phenoxy) is 2. The summed E-state index contributed by atoms with van der Waals surface area (Å²) in [7, 11) is 4.71. The van der Waals surface area contributed by atoms with Crippen molar-refractivity contribution in [2.75, 3.05) is 21.3 Å². The number of aromatic nitrogens is 2. The third-order valence-electron chi connectivity index (χ3n) is 3.85. The Morgan fingerprint density at radius 2 is 2.00 bits per heavy atom. The van der Waals surface area contributed by atoms with Gasteiger partial charge in [-0.05, 0) is 24.3 Å². The number of imidazole rings is 1. The molecule has 0 bridgehead atoms. The number of nitrogens with one attached hydrogen (secondary N) is 1. The number of H-pyrrole nitrogens is 1. The van der Waals surface area contributed by atoms with Crippen LogP contribution in [0.4, 0.5) is 0 Å². The van der Waals surface area contributed by atoms with E-state index in [1.807, 2.05) is 24.3 Å². The number of benzene rings is 2. The number of fused-ring (bicyclic) bond motifs is 1. The molecule has 7 heteroatoms. The van der Waals surface area contributed by atoms with Gasteiger partial charge in [0, 0.05) is 12.6 Å². The fourth-order valence-corrected chi connectivity index (χ4v) is 2.93. The first kappa shape index (κ1) is 17.1. The first-order valence-electron chi connectivity index (χ1n) is 7.64. The lowest BCUT2D eigenvalue weighted by atomic mass is 10.1. The third kappa shape index (κ3) is 3.39. The number of nitrogens with zero attached hydrogens (tertiary/aromatic N) is 2. The summed E-state index contributed by atoms with van der Waals surface area (Å²) < 4.78 is 10.4. The molecule has 1 aromatic heterocycles. The molecule has 130 valence electrons. The minimum atomic E-state index is -0.191. The van der Waals surface area contributed by atoms with Crippen LogP contribution in [0.5, 0.6) is 11.5 Å². The number of hydrogen-bond acceptors (Lipinski definition) is 4. The molecule has 25 heavy (non-hydrogen) atoms. The summed E-state index contributed by atoms with van der Waals surface area (Å²) >= 11 is 6.18. The molecule has 0 aliphatic heterocycles. The lowest BCUT2D eigenvalue weighted by Gasteiger charge is -2.17.